The Balaban J connectivity index is 2.51. The molecule has 0 bridgehead atoms. The van der Waals surface area contributed by atoms with Crippen LogP contribution in [0, 0.1) is 11.8 Å². The Morgan fingerprint density at radius 1 is 1.50 bits per heavy atom. The average molecular weight is 112 g/mol. The van der Waals surface area contributed by atoms with Crippen molar-refractivity contribution in [1.29, 1.82) is 0 Å². The standard InChI is InChI=1S/C7H12O/c1-5-3-6(2)7(8)4-5/h5-6H,3-4H2,1-2H3/t5-,6-/m0/s1. The van der Waals surface area contributed by atoms with Gasteiger partial charge in [0.05, 0.1) is 0 Å². The predicted molar refractivity (Wildman–Crippen MR) is 32.6 cm³/mol. The zero-order valence-corrected chi connectivity index (χ0v) is 5.48. The monoisotopic (exact) mass is 112 g/mol. The SMILES string of the molecule is C[C@@H]1CC(=O)[C@@H](C)C1. The molecule has 1 fully saturated rings. The van der Waals surface area contributed by atoms with Crippen LogP contribution in [0.2, 0.25) is 0 Å². The van der Waals surface area contributed by atoms with Crippen molar-refractivity contribution in [2.75, 3.05) is 0 Å². The van der Waals surface area contributed by atoms with E-state index in [0.717, 1.165) is 12.8 Å². The summed E-state index contributed by atoms with van der Waals surface area (Å²) < 4.78 is 0. The van der Waals surface area contributed by atoms with Gasteiger partial charge in [-0.15, -0.1) is 0 Å². The molecule has 1 heteroatoms. The summed E-state index contributed by atoms with van der Waals surface area (Å²) in [5.41, 5.74) is 0. The number of carbonyl (C=O) groups excluding carboxylic acids is 1. The minimum absolute atomic E-state index is 0.352. The Bertz CT molecular complexity index is 107. The van der Waals surface area contributed by atoms with Crippen LogP contribution in [0.25, 0.3) is 0 Å². The molecule has 0 aliphatic heterocycles. The molecule has 1 aliphatic carbocycles. The van der Waals surface area contributed by atoms with E-state index >= 15 is 0 Å². The van der Waals surface area contributed by atoms with E-state index in [1.54, 1.807) is 0 Å². The van der Waals surface area contributed by atoms with Gasteiger partial charge in [0.2, 0.25) is 0 Å². The van der Waals surface area contributed by atoms with Crippen molar-refractivity contribution in [3.63, 3.8) is 0 Å². The van der Waals surface area contributed by atoms with E-state index in [1.807, 2.05) is 6.92 Å². The van der Waals surface area contributed by atoms with E-state index in [-0.39, 0.29) is 0 Å². The van der Waals surface area contributed by atoms with Crippen LogP contribution in [-0.2, 0) is 4.79 Å². The zero-order chi connectivity index (χ0) is 6.15. The van der Waals surface area contributed by atoms with E-state index in [9.17, 15) is 4.79 Å². The second-order valence-corrected chi connectivity index (χ2v) is 2.91. The Morgan fingerprint density at radius 2 is 2.12 bits per heavy atom. The highest BCUT2D eigenvalue weighted by atomic mass is 16.1. The van der Waals surface area contributed by atoms with Crippen LogP contribution in [0.1, 0.15) is 26.7 Å². The molecular formula is C7H12O. The molecule has 8 heavy (non-hydrogen) atoms. The Morgan fingerprint density at radius 3 is 2.25 bits per heavy atom. The first kappa shape index (κ1) is 5.80. The summed E-state index contributed by atoms with van der Waals surface area (Å²) >= 11 is 0. The van der Waals surface area contributed by atoms with Crippen molar-refractivity contribution in [3.8, 4) is 0 Å². The summed E-state index contributed by atoms with van der Waals surface area (Å²) in [6.07, 6.45) is 1.93. The maximum absolute atomic E-state index is 10.8. The molecule has 46 valence electrons. The fourth-order valence-corrected chi connectivity index (χ4v) is 1.36. The largest absolute Gasteiger partial charge is 0.299 e. The molecule has 0 radical (unpaired) electrons. The van der Waals surface area contributed by atoms with Gasteiger partial charge in [0.25, 0.3) is 0 Å². The molecule has 0 aromatic rings. The van der Waals surface area contributed by atoms with Gasteiger partial charge in [0.1, 0.15) is 5.78 Å². The highest BCUT2D eigenvalue weighted by molar-refractivity contribution is 5.82. The van der Waals surface area contributed by atoms with Crippen molar-refractivity contribution in [2.24, 2.45) is 11.8 Å². The van der Waals surface area contributed by atoms with Crippen molar-refractivity contribution in [3.05, 3.63) is 0 Å². The molecule has 1 nitrogen and oxygen atoms in total. The van der Waals surface area contributed by atoms with E-state index in [2.05, 4.69) is 6.92 Å². The zero-order valence-electron chi connectivity index (χ0n) is 5.48. The first-order valence-electron chi connectivity index (χ1n) is 3.23. The molecule has 0 spiro atoms. The third kappa shape index (κ3) is 0.908. The summed E-state index contributed by atoms with van der Waals surface area (Å²) in [5, 5.41) is 0. The van der Waals surface area contributed by atoms with Gasteiger partial charge in [0.15, 0.2) is 0 Å². The van der Waals surface area contributed by atoms with E-state index in [0.29, 0.717) is 17.6 Å². The number of rotatable bonds is 0. The van der Waals surface area contributed by atoms with E-state index < -0.39 is 0 Å². The first-order chi connectivity index (χ1) is 3.70. The van der Waals surface area contributed by atoms with E-state index in [1.165, 1.54) is 0 Å². The molecule has 0 amide bonds. The number of hydrogen-bond acceptors (Lipinski definition) is 1. The van der Waals surface area contributed by atoms with Gasteiger partial charge < -0.3 is 0 Å². The molecule has 1 saturated carbocycles. The maximum Gasteiger partial charge on any atom is 0.135 e. The molecule has 2 atom stereocenters. The molecular weight excluding hydrogens is 100 g/mol. The van der Waals surface area contributed by atoms with Crippen LogP contribution in [0.5, 0.6) is 0 Å². The van der Waals surface area contributed by atoms with Crippen molar-refractivity contribution in [1.82, 2.24) is 0 Å². The third-order valence-corrected chi connectivity index (χ3v) is 1.86. The summed E-state index contributed by atoms with van der Waals surface area (Å²) in [6.45, 7) is 4.16. The minimum atomic E-state index is 0.352. The lowest BCUT2D eigenvalue weighted by Gasteiger charge is -1.94. The lowest BCUT2D eigenvalue weighted by atomic mass is 10.1. The van der Waals surface area contributed by atoms with Crippen LogP contribution >= 0.6 is 0 Å². The lowest BCUT2D eigenvalue weighted by molar-refractivity contribution is -0.120. The topological polar surface area (TPSA) is 17.1 Å². The third-order valence-electron chi connectivity index (χ3n) is 1.86. The number of ketones is 1. The Kier molecular flexibility index (Phi) is 1.37. The van der Waals surface area contributed by atoms with Crippen molar-refractivity contribution < 1.29 is 4.79 Å². The molecule has 1 rings (SSSR count). The van der Waals surface area contributed by atoms with Gasteiger partial charge in [-0.05, 0) is 12.3 Å². The van der Waals surface area contributed by atoms with Gasteiger partial charge in [-0.1, -0.05) is 13.8 Å². The van der Waals surface area contributed by atoms with Crippen molar-refractivity contribution >= 4 is 5.78 Å². The predicted octanol–water partition coefficient (Wildman–Crippen LogP) is 1.62. The fourth-order valence-electron chi connectivity index (χ4n) is 1.36. The highest BCUT2D eigenvalue weighted by Crippen LogP contribution is 2.25. The maximum atomic E-state index is 10.8. The van der Waals surface area contributed by atoms with Crippen LogP contribution in [0.15, 0.2) is 0 Å². The molecule has 0 N–H and O–H groups in total. The average Bonchev–Trinajstić information content (AvgIpc) is 1.85. The summed E-state index contributed by atoms with van der Waals surface area (Å²) in [6, 6.07) is 0. The Labute approximate surface area is 50.1 Å². The molecule has 0 aromatic heterocycles. The van der Waals surface area contributed by atoms with Gasteiger partial charge >= 0.3 is 0 Å². The van der Waals surface area contributed by atoms with Crippen LogP contribution < -0.4 is 0 Å². The Hall–Kier alpha value is -0.330. The second-order valence-electron chi connectivity index (χ2n) is 2.91. The van der Waals surface area contributed by atoms with Gasteiger partial charge in [0, 0.05) is 12.3 Å². The first-order valence-corrected chi connectivity index (χ1v) is 3.23. The van der Waals surface area contributed by atoms with Crippen LogP contribution in [0.3, 0.4) is 0 Å². The molecule has 0 unspecified atom stereocenters. The van der Waals surface area contributed by atoms with Crippen LogP contribution in [0.4, 0.5) is 0 Å². The lowest BCUT2D eigenvalue weighted by Crippen LogP contribution is -1.98. The summed E-state index contributed by atoms with van der Waals surface area (Å²) in [4.78, 5) is 10.8. The van der Waals surface area contributed by atoms with Crippen molar-refractivity contribution in [2.45, 2.75) is 26.7 Å². The van der Waals surface area contributed by atoms with Gasteiger partial charge in [-0.25, -0.2) is 0 Å². The highest BCUT2D eigenvalue weighted by Gasteiger charge is 2.25. The number of carbonyl (C=O) groups is 1. The van der Waals surface area contributed by atoms with E-state index in [4.69, 9.17) is 0 Å². The second kappa shape index (κ2) is 1.88. The van der Waals surface area contributed by atoms with Gasteiger partial charge in [-0.2, -0.15) is 0 Å². The van der Waals surface area contributed by atoms with Crippen LogP contribution in [-0.4, -0.2) is 5.78 Å². The molecule has 0 saturated heterocycles. The smallest absolute Gasteiger partial charge is 0.135 e. The minimum Gasteiger partial charge on any atom is -0.299 e. The quantitative estimate of drug-likeness (QED) is 0.465. The fraction of sp³-hybridized carbons (Fsp3) is 0.857. The molecule has 1 aliphatic rings. The number of Topliss-reactive ketones (excluding diaryl/α,β-unsaturated/α-hetero) is 1. The molecule has 0 heterocycles. The summed E-state index contributed by atoms with van der Waals surface area (Å²) in [5.74, 6) is 1.46. The molecule has 0 aromatic carbocycles. The summed E-state index contributed by atoms with van der Waals surface area (Å²) in [7, 11) is 0. The van der Waals surface area contributed by atoms with Gasteiger partial charge in [-0.3, -0.25) is 4.79 Å². The normalized spacial score (nSPS) is 38.5. The number of hydrogen-bond donors (Lipinski definition) is 0.